The molecule has 0 bridgehead atoms. The maximum absolute atomic E-state index is 16.9. The van der Waals surface area contributed by atoms with Crippen molar-refractivity contribution in [2.75, 3.05) is 52.2 Å². The Morgan fingerprint density at radius 1 is 1.25 bits per heavy atom. The molecule has 1 N–H and O–H groups in total. The maximum Gasteiger partial charge on any atom is 0.207 e. The average Bonchev–Trinajstić information content (AvgIpc) is 3.78. The molecule has 2 aromatic heterocycles. The number of nitrogens with one attached hydrogen (secondary N) is 1. The summed E-state index contributed by atoms with van der Waals surface area (Å²) in [4.78, 5) is 25.1. The molecule has 0 spiro atoms. The van der Waals surface area contributed by atoms with E-state index in [9.17, 15) is 0 Å². The molecule has 1 aromatic carbocycles. The number of allylic oxidation sites excluding steroid dienone is 3. The van der Waals surface area contributed by atoms with Crippen LogP contribution >= 0.6 is 11.6 Å². The first-order valence-electron chi connectivity index (χ1n) is 14.9. The van der Waals surface area contributed by atoms with Gasteiger partial charge < -0.3 is 9.80 Å². The molecular formula is C34H39ClFN7O. The van der Waals surface area contributed by atoms with Gasteiger partial charge in [0.2, 0.25) is 5.82 Å². The van der Waals surface area contributed by atoms with Crippen molar-refractivity contribution in [3.05, 3.63) is 69.5 Å². The minimum absolute atomic E-state index is 0.251. The van der Waals surface area contributed by atoms with Crippen molar-refractivity contribution in [1.29, 1.82) is 0 Å². The van der Waals surface area contributed by atoms with Gasteiger partial charge >= 0.3 is 0 Å². The third-order valence-electron chi connectivity index (χ3n) is 8.25. The summed E-state index contributed by atoms with van der Waals surface area (Å²) in [5.74, 6) is 7.18. The van der Waals surface area contributed by atoms with Gasteiger partial charge in [-0.1, -0.05) is 35.7 Å². The third-order valence-corrected chi connectivity index (χ3v) is 8.55. The van der Waals surface area contributed by atoms with Crippen LogP contribution in [0.2, 0.25) is 5.02 Å². The zero-order valence-electron chi connectivity index (χ0n) is 26.0. The van der Waals surface area contributed by atoms with Crippen LogP contribution in [0.5, 0.6) is 0 Å². The molecule has 3 aromatic rings. The Bertz CT molecular complexity index is 1700. The summed E-state index contributed by atoms with van der Waals surface area (Å²) in [6.07, 6.45) is 8.84. The second kappa shape index (κ2) is 13.4. The monoisotopic (exact) mass is 615 g/mol. The number of fused-ring (bicyclic) bond motifs is 2. The number of aromatic nitrogens is 4. The van der Waals surface area contributed by atoms with Gasteiger partial charge in [-0.2, -0.15) is 5.10 Å². The van der Waals surface area contributed by atoms with E-state index in [2.05, 4.69) is 63.4 Å². The molecule has 1 saturated heterocycles. The Hall–Kier alpha value is -3.84. The normalized spacial score (nSPS) is 18.4. The van der Waals surface area contributed by atoms with Crippen LogP contribution in [0.25, 0.3) is 22.6 Å². The van der Waals surface area contributed by atoms with Gasteiger partial charge in [0.05, 0.1) is 17.3 Å². The summed E-state index contributed by atoms with van der Waals surface area (Å²) in [7, 11) is 6.04. The summed E-state index contributed by atoms with van der Waals surface area (Å²) in [6.45, 7) is 10.3. The molecular weight excluding hydrogens is 577 g/mol. The van der Waals surface area contributed by atoms with Gasteiger partial charge in [-0.25, -0.2) is 14.4 Å². The number of hydrogen-bond acceptors (Lipinski definition) is 7. The summed E-state index contributed by atoms with van der Waals surface area (Å²) < 4.78 is 16.9. The van der Waals surface area contributed by atoms with E-state index in [-0.39, 0.29) is 5.52 Å². The number of rotatable bonds is 5. The Kier molecular flexibility index (Phi) is 9.64. The van der Waals surface area contributed by atoms with Gasteiger partial charge in [0.1, 0.15) is 17.6 Å². The standard InChI is InChI=1S/C31H35ClFN7.C3H4O/c1-18-8-6-9-23-27(29(37-36-23)20-11-12-20)25(18)26-22(32)16-21-30(28(26)33)34-24(10-7-13-38(3)4)35-31(21)40-15-14-39(5)19(2)17-40;1-2-3-4/h6,9,16,19-20H,8,11-15,17H2,1-5H3,(H,36,37);2-3H,1H2. The first-order valence-corrected chi connectivity index (χ1v) is 15.3. The number of halogens is 2. The third kappa shape index (κ3) is 6.48. The molecule has 44 heavy (non-hydrogen) atoms. The van der Waals surface area contributed by atoms with E-state index in [4.69, 9.17) is 21.4 Å². The van der Waals surface area contributed by atoms with E-state index in [0.717, 1.165) is 60.6 Å². The van der Waals surface area contributed by atoms with Crippen LogP contribution in [0.1, 0.15) is 67.4 Å². The second-order valence-corrected chi connectivity index (χ2v) is 12.3. The molecule has 0 amide bonds. The first-order chi connectivity index (χ1) is 21.1. The lowest BCUT2D eigenvalue weighted by molar-refractivity contribution is -0.104. The van der Waals surface area contributed by atoms with E-state index < -0.39 is 5.82 Å². The number of nitrogens with zero attached hydrogens (tertiary/aromatic N) is 6. The first kappa shape index (κ1) is 31.6. The number of aldehydes is 1. The van der Waals surface area contributed by atoms with Crippen molar-refractivity contribution in [2.45, 2.75) is 45.1 Å². The number of carbonyl (C=O) groups excluding carboxylic acids is 1. The van der Waals surface area contributed by atoms with Crippen molar-refractivity contribution < 1.29 is 9.18 Å². The van der Waals surface area contributed by atoms with E-state index in [1.165, 1.54) is 6.08 Å². The predicted octanol–water partition coefficient (Wildman–Crippen LogP) is 5.69. The van der Waals surface area contributed by atoms with Crippen molar-refractivity contribution in [3.8, 4) is 11.8 Å². The number of hydrogen-bond donors (Lipinski definition) is 1. The van der Waals surface area contributed by atoms with Crippen molar-refractivity contribution >= 4 is 46.3 Å². The van der Waals surface area contributed by atoms with E-state index in [1.54, 1.807) is 0 Å². The van der Waals surface area contributed by atoms with Crippen LogP contribution in [0.15, 0.2) is 30.4 Å². The minimum Gasteiger partial charge on any atom is -0.353 e. The van der Waals surface area contributed by atoms with Gasteiger partial charge in [0.25, 0.3) is 0 Å². The minimum atomic E-state index is -0.436. The lowest BCUT2D eigenvalue weighted by atomic mass is 9.90. The molecule has 3 heterocycles. The molecule has 230 valence electrons. The molecule has 1 saturated carbocycles. The second-order valence-electron chi connectivity index (χ2n) is 11.9. The quantitative estimate of drug-likeness (QED) is 0.224. The van der Waals surface area contributed by atoms with Gasteiger partial charge in [0.15, 0.2) is 5.82 Å². The summed E-state index contributed by atoms with van der Waals surface area (Å²) in [5, 5.41) is 8.80. The molecule has 10 heteroatoms. The van der Waals surface area contributed by atoms with Crippen LogP contribution in [-0.4, -0.2) is 89.6 Å². The molecule has 1 unspecified atom stereocenters. The number of likely N-dealkylation sites (N-methyl/N-ethyl adjacent to an activating group) is 1. The smallest absolute Gasteiger partial charge is 0.207 e. The molecule has 0 radical (unpaired) electrons. The van der Waals surface area contributed by atoms with Crippen LogP contribution in [-0.2, 0) is 4.79 Å². The largest absolute Gasteiger partial charge is 0.353 e. The Morgan fingerprint density at radius 3 is 2.66 bits per heavy atom. The van der Waals surface area contributed by atoms with Crippen LogP contribution in [0.3, 0.4) is 0 Å². The summed E-state index contributed by atoms with van der Waals surface area (Å²) in [5.41, 5.74) is 5.34. The summed E-state index contributed by atoms with van der Waals surface area (Å²) >= 11 is 7.02. The van der Waals surface area contributed by atoms with Gasteiger partial charge in [-0.15, -0.1) is 0 Å². The van der Waals surface area contributed by atoms with Gasteiger partial charge in [-0.05, 0) is 84.0 Å². The van der Waals surface area contributed by atoms with Gasteiger partial charge in [0, 0.05) is 53.8 Å². The van der Waals surface area contributed by atoms with E-state index in [1.807, 2.05) is 38.1 Å². The van der Waals surface area contributed by atoms with Crippen LogP contribution in [0, 0.1) is 17.7 Å². The van der Waals surface area contributed by atoms with Gasteiger partial charge in [-0.3, -0.25) is 14.8 Å². The number of benzene rings is 1. The Labute approximate surface area is 263 Å². The SMILES string of the molecule is C=CC=O.CC1=C(c2c(Cl)cc3c(N4CCN(C)C(C)C4)nc(C#CCN(C)C)nc3c2F)c2c(n[nH]c2C2CC2)C=CC1. The van der Waals surface area contributed by atoms with Crippen LogP contribution in [0.4, 0.5) is 10.2 Å². The number of anilines is 1. The highest BCUT2D eigenvalue weighted by atomic mass is 35.5. The molecule has 2 fully saturated rings. The van der Waals surface area contributed by atoms with Crippen molar-refractivity contribution in [3.63, 3.8) is 0 Å². The highest BCUT2D eigenvalue weighted by Crippen LogP contribution is 2.48. The molecule has 1 atom stereocenters. The molecule has 8 nitrogen and oxygen atoms in total. The molecule has 6 rings (SSSR count). The number of H-pyrrole nitrogens is 1. The van der Waals surface area contributed by atoms with Crippen molar-refractivity contribution in [2.24, 2.45) is 0 Å². The average molecular weight is 616 g/mol. The summed E-state index contributed by atoms with van der Waals surface area (Å²) in [6, 6.07) is 2.17. The fraction of sp³-hybridized carbons (Fsp3) is 0.412. The van der Waals surface area contributed by atoms with Crippen molar-refractivity contribution in [1.82, 2.24) is 30.0 Å². The molecule has 2 aliphatic carbocycles. The van der Waals surface area contributed by atoms with Crippen LogP contribution < -0.4 is 4.90 Å². The zero-order valence-corrected chi connectivity index (χ0v) is 26.8. The lowest BCUT2D eigenvalue weighted by Gasteiger charge is -2.38. The maximum atomic E-state index is 16.9. The van der Waals surface area contributed by atoms with E-state index >= 15 is 4.39 Å². The fourth-order valence-electron chi connectivity index (χ4n) is 5.65. The Balaban J connectivity index is 0.000000906. The fourth-order valence-corrected chi connectivity index (χ4v) is 5.93. The zero-order chi connectivity index (χ0) is 31.5. The number of carbonyl (C=O) groups is 1. The topological polar surface area (TPSA) is 81.2 Å². The highest BCUT2D eigenvalue weighted by Gasteiger charge is 2.34. The number of aromatic amines is 1. The highest BCUT2D eigenvalue weighted by molar-refractivity contribution is 6.33. The molecule has 1 aliphatic heterocycles. The lowest BCUT2D eigenvalue weighted by Crippen LogP contribution is -2.50. The van der Waals surface area contributed by atoms with E-state index in [0.29, 0.717) is 58.8 Å². The predicted molar refractivity (Wildman–Crippen MR) is 176 cm³/mol. The number of piperazine rings is 1. The Morgan fingerprint density at radius 2 is 2.00 bits per heavy atom. The molecule has 3 aliphatic rings.